The van der Waals surface area contributed by atoms with Gasteiger partial charge in [0.25, 0.3) is 0 Å². The molecule has 0 saturated heterocycles. The summed E-state index contributed by atoms with van der Waals surface area (Å²) in [6, 6.07) is 13.9. The summed E-state index contributed by atoms with van der Waals surface area (Å²) < 4.78 is 13.1. The molecule has 0 spiro atoms. The maximum atomic E-state index is 13.7. The smallest absolute Gasteiger partial charge is 0.240 e. The Bertz CT molecular complexity index is 1390. The molecule has 3 aromatic rings. The van der Waals surface area contributed by atoms with E-state index >= 15 is 0 Å². The molecule has 2 aromatic carbocycles. The SMILES string of the molecule is Cc1ccccc1-n1nc(C(C)(C)C)c2c1N(CC(=O)NC(C)C)C(=O)CSC2c1ccc2c(c1)OCO2. The van der Waals surface area contributed by atoms with Crippen LogP contribution in [-0.4, -0.2) is 46.7 Å². The number of anilines is 1. The van der Waals surface area contributed by atoms with Crippen molar-refractivity contribution in [3.63, 3.8) is 0 Å². The van der Waals surface area contributed by atoms with E-state index in [1.54, 1.807) is 16.7 Å². The first kappa shape index (κ1) is 26.2. The number of carbonyl (C=O) groups is 2. The summed E-state index contributed by atoms with van der Waals surface area (Å²) in [6.07, 6.45) is 0. The van der Waals surface area contributed by atoms with E-state index in [1.165, 1.54) is 0 Å². The summed E-state index contributed by atoms with van der Waals surface area (Å²) in [5.41, 5.74) is 4.39. The Morgan fingerprint density at radius 1 is 1.16 bits per heavy atom. The van der Waals surface area contributed by atoms with Crippen molar-refractivity contribution in [3.05, 3.63) is 64.8 Å². The van der Waals surface area contributed by atoms with Crippen LogP contribution in [0.15, 0.2) is 42.5 Å². The van der Waals surface area contributed by atoms with Gasteiger partial charge in [0, 0.05) is 17.0 Å². The quantitative estimate of drug-likeness (QED) is 0.501. The molecule has 1 aromatic heterocycles. The Morgan fingerprint density at radius 2 is 1.89 bits per heavy atom. The minimum absolute atomic E-state index is 0.0359. The number of para-hydroxylation sites is 1. The van der Waals surface area contributed by atoms with Gasteiger partial charge in [-0.25, -0.2) is 4.68 Å². The number of nitrogens with one attached hydrogen (secondary N) is 1. The van der Waals surface area contributed by atoms with E-state index in [2.05, 4.69) is 26.1 Å². The molecule has 1 N–H and O–H groups in total. The summed E-state index contributed by atoms with van der Waals surface area (Å²) in [7, 11) is 0. The molecule has 9 heteroatoms. The number of thioether (sulfide) groups is 1. The van der Waals surface area contributed by atoms with Crippen LogP contribution < -0.4 is 19.7 Å². The third-order valence-corrected chi connectivity index (χ3v) is 7.85. The molecule has 2 aliphatic rings. The van der Waals surface area contributed by atoms with Gasteiger partial charge in [-0.2, -0.15) is 5.10 Å². The predicted octanol–water partition coefficient (Wildman–Crippen LogP) is 4.90. The molecule has 0 saturated carbocycles. The number of hydrogen-bond acceptors (Lipinski definition) is 6. The zero-order valence-corrected chi connectivity index (χ0v) is 23.5. The van der Waals surface area contributed by atoms with Gasteiger partial charge < -0.3 is 14.8 Å². The highest BCUT2D eigenvalue weighted by atomic mass is 32.2. The molecule has 0 fully saturated rings. The van der Waals surface area contributed by atoms with Crippen molar-refractivity contribution in [1.29, 1.82) is 0 Å². The van der Waals surface area contributed by atoms with E-state index in [9.17, 15) is 9.59 Å². The predicted molar refractivity (Wildman–Crippen MR) is 149 cm³/mol. The molecule has 38 heavy (non-hydrogen) atoms. The first-order chi connectivity index (χ1) is 18.0. The van der Waals surface area contributed by atoms with Crippen molar-refractivity contribution in [3.8, 4) is 17.2 Å². The van der Waals surface area contributed by atoms with Crippen LogP contribution in [0.3, 0.4) is 0 Å². The summed E-state index contributed by atoms with van der Waals surface area (Å²) >= 11 is 1.55. The third kappa shape index (κ3) is 4.87. The Balaban J connectivity index is 1.77. The van der Waals surface area contributed by atoms with Gasteiger partial charge in [-0.1, -0.05) is 45.0 Å². The highest BCUT2D eigenvalue weighted by Gasteiger charge is 2.40. The third-order valence-electron chi connectivity index (χ3n) is 6.59. The van der Waals surface area contributed by atoms with E-state index in [1.807, 2.05) is 67.9 Å². The van der Waals surface area contributed by atoms with Crippen LogP contribution in [-0.2, 0) is 15.0 Å². The fourth-order valence-corrected chi connectivity index (χ4v) is 6.08. The van der Waals surface area contributed by atoms with Gasteiger partial charge in [-0.05, 0) is 50.1 Å². The second kappa shape index (κ2) is 10.0. The molecule has 200 valence electrons. The molecule has 1 unspecified atom stereocenters. The number of fused-ring (bicyclic) bond motifs is 2. The van der Waals surface area contributed by atoms with Crippen molar-refractivity contribution >= 4 is 29.4 Å². The zero-order chi connectivity index (χ0) is 27.2. The largest absolute Gasteiger partial charge is 0.454 e. The minimum atomic E-state index is -0.327. The van der Waals surface area contributed by atoms with Gasteiger partial charge >= 0.3 is 0 Å². The lowest BCUT2D eigenvalue weighted by atomic mass is 9.87. The van der Waals surface area contributed by atoms with Crippen molar-refractivity contribution in [2.24, 2.45) is 0 Å². The van der Waals surface area contributed by atoms with Crippen molar-refractivity contribution < 1.29 is 19.1 Å². The van der Waals surface area contributed by atoms with Crippen molar-refractivity contribution in [2.45, 2.75) is 58.2 Å². The fraction of sp³-hybridized carbons (Fsp3) is 0.414. The minimum Gasteiger partial charge on any atom is -0.454 e. The van der Waals surface area contributed by atoms with Crippen LogP contribution in [0.5, 0.6) is 11.5 Å². The second-order valence-electron chi connectivity index (χ2n) is 11.0. The summed E-state index contributed by atoms with van der Waals surface area (Å²) in [6.45, 7) is 12.3. The van der Waals surface area contributed by atoms with Crippen molar-refractivity contribution in [1.82, 2.24) is 15.1 Å². The van der Waals surface area contributed by atoms with Gasteiger partial charge in [0.2, 0.25) is 18.6 Å². The van der Waals surface area contributed by atoms with E-state index in [-0.39, 0.29) is 47.6 Å². The van der Waals surface area contributed by atoms with Crippen LogP contribution in [0, 0.1) is 6.92 Å². The molecule has 8 nitrogen and oxygen atoms in total. The monoisotopic (exact) mass is 534 g/mol. The van der Waals surface area contributed by atoms with Gasteiger partial charge in [0.05, 0.1) is 22.4 Å². The molecular formula is C29H34N4O4S. The molecule has 5 rings (SSSR count). The number of hydrogen-bond donors (Lipinski definition) is 1. The van der Waals surface area contributed by atoms with Gasteiger partial charge in [-0.15, -0.1) is 11.8 Å². The van der Waals surface area contributed by atoms with Crippen LogP contribution in [0.1, 0.15) is 62.3 Å². The molecular weight excluding hydrogens is 500 g/mol. The molecule has 2 amide bonds. The van der Waals surface area contributed by atoms with Crippen molar-refractivity contribution in [2.75, 3.05) is 24.0 Å². The molecule has 0 bridgehead atoms. The molecule has 1 atom stereocenters. The van der Waals surface area contributed by atoms with Crippen LogP contribution in [0.25, 0.3) is 5.69 Å². The molecule has 0 radical (unpaired) electrons. The lowest BCUT2D eigenvalue weighted by Gasteiger charge is -2.25. The Hall–Kier alpha value is -3.46. The number of amides is 2. The summed E-state index contributed by atoms with van der Waals surface area (Å²) in [5.74, 6) is 1.93. The standard InChI is InChI=1S/C29H34N4O4S/c1-17(2)30-23(34)14-32-24(35)15-38-26(19-11-12-21-22(13-19)37-16-36-21)25-27(29(4,5)6)31-33(28(25)32)20-10-8-7-9-18(20)3/h7-13,17,26H,14-16H2,1-6H3,(H,30,34). The lowest BCUT2D eigenvalue weighted by Crippen LogP contribution is -2.44. The maximum absolute atomic E-state index is 13.7. The Kier molecular flexibility index (Phi) is 6.90. The van der Waals surface area contributed by atoms with E-state index in [4.69, 9.17) is 14.6 Å². The molecule has 2 aliphatic heterocycles. The molecule has 3 heterocycles. The van der Waals surface area contributed by atoms with E-state index in [0.29, 0.717) is 17.3 Å². The normalized spacial score (nSPS) is 17.0. The number of rotatable bonds is 5. The van der Waals surface area contributed by atoms with Crippen LogP contribution in [0.4, 0.5) is 5.82 Å². The Morgan fingerprint density at radius 3 is 2.61 bits per heavy atom. The Labute approximate surface area is 227 Å². The second-order valence-corrected chi connectivity index (χ2v) is 12.1. The fourth-order valence-electron chi connectivity index (χ4n) is 4.89. The first-order valence-electron chi connectivity index (χ1n) is 12.8. The summed E-state index contributed by atoms with van der Waals surface area (Å²) in [4.78, 5) is 28.4. The van der Waals surface area contributed by atoms with Gasteiger partial charge in [-0.3, -0.25) is 14.5 Å². The van der Waals surface area contributed by atoms with E-state index in [0.717, 1.165) is 28.1 Å². The summed E-state index contributed by atoms with van der Waals surface area (Å²) in [5, 5.41) is 7.90. The zero-order valence-electron chi connectivity index (χ0n) is 22.7. The molecule has 0 aliphatic carbocycles. The van der Waals surface area contributed by atoms with Crippen LogP contribution >= 0.6 is 11.8 Å². The average Bonchev–Trinajstić information content (AvgIpc) is 3.44. The van der Waals surface area contributed by atoms with E-state index < -0.39 is 0 Å². The number of aromatic nitrogens is 2. The first-order valence-corrected chi connectivity index (χ1v) is 13.9. The number of benzene rings is 2. The van der Waals surface area contributed by atoms with Gasteiger partial charge in [0.15, 0.2) is 11.5 Å². The topological polar surface area (TPSA) is 85.7 Å². The lowest BCUT2D eigenvalue weighted by molar-refractivity contribution is -0.123. The highest BCUT2D eigenvalue weighted by molar-refractivity contribution is 8.00. The number of carbonyl (C=O) groups excluding carboxylic acids is 2. The highest BCUT2D eigenvalue weighted by Crippen LogP contribution is 2.50. The maximum Gasteiger partial charge on any atom is 0.240 e. The number of ether oxygens (including phenoxy) is 2. The average molecular weight is 535 g/mol. The number of nitrogens with zero attached hydrogens (tertiary/aromatic N) is 3. The van der Waals surface area contributed by atoms with Crippen LogP contribution in [0.2, 0.25) is 0 Å². The van der Waals surface area contributed by atoms with Gasteiger partial charge in [0.1, 0.15) is 12.4 Å². The number of aryl methyl sites for hydroxylation is 1.